The van der Waals surface area contributed by atoms with Crippen LogP contribution < -0.4 is 49.3 Å². The van der Waals surface area contributed by atoms with Crippen LogP contribution in [0.25, 0.3) is 18.2 Å². The molecule has 14 heteroatoms. The number of fused-ring (bicyclic) bond motifs is 1. The average molecular weight is 1020 g/mol. The Hall–Kier alpha value is -8.49. The summed E-state index contributed by atoms with van der Waals surface area (Å²) < 4.78 is 33.6. The molecule has 75 heavy (non-hydrogen) atoms. The molecule has 392 valence electrons. The van der Waals surface area contributed by atoms with E-state index >= 15 is 0 Å². The zero-order valence-electron chi connectivity index (χ0n) is 44.4. The summed E-state index contributed by atoms with van der Waals surface area (Å²) in [5.41, 5.74) is 9.16. The van der Waals surface area contributed by atoms with Crippen LogP contribution in [0.3, 0.4) is 0 Å². The number of ether oxygens (including phenoxy) is 6. The van der Waals surface area contributed by atoms with E-state index in [0.29, 0.717) is 42.3 Å². The van der Waals surface area contributed by atoms with Gasteiger partial charge in [0.15, 0.2) is 23.0 Å². The van der Waals surface area contributed by atoms with Crippen LogP contribution in [0, 0.1) is 20.8 Å². The topological polar surface area (TPSA) is 149 Å². The van der Waals surface area contributed by atoms with Crippen LogP contribution >= 0.6 is 0 Å². The Balaban J connectivity index is 0.000000184. The van der Waals surface area contributed by atoms with Crippen LogP contribution in [0.15, 0.2) is 140 Å². The van der Waals surface area contributed by atoms with E-state index in [-0.39, 0.29) is 17.7 Å². The molecule has 8 rings (SSSR count). The van der Waals surface area contributed by atoms with Crippen molar-refractivity contribution in [2.45, 2.75) is 39.7 Å². The lowest BCUT2D eigenvalue weighted by Crippen LogP contribution is -2.28. The highest BCUT2D eigenvalue weighted by molar-refractivity contribution is 6.04. The summed E-state index contributed by atoms with van der Waals surface area (Å²) >= 11 is 0. The number of carbonyl (C=O) groups is 3. The fourth-order valence-electron chi connectivity index (χ4n) is 7.42. The van der Waals surface area contributed by atoms with Crippen molar-refractivity contribution >= 4 is 58.7 Å². The number of carbonyl (C=O) groups excluding carboxylic acids is 3. The van der Waals surface area contributed by atoms with Gasteiger partial charge in [-0.3, -0.25) is 14.4 Å². The molecule has 14 nitrogen and oxygen atoms in total. The normalized spacial score (nSPS) is 12.6. The molecule has 1 heterocycles. The highest BCUT2D eigenvalue weighted by Crippen LogP contribution is 2.41. The number of hydrogen-bond acceptors (Lipinski definition) is 11. The maximum atomic E-state index is 12.3. The van der Waals surface area contributed by atoms with Gasteiger partial charge in [-0.05, 0) is 148 Å². The van der Waals surface area contributed by atoms with Crippen LogP contribution in [0.4, 0.5) is 22.7 Å². The molecule has 0 spiro atoms. The predicted octanol–water partition coefficient (Wildman–Crippen LogP) is 11.3. The molecule has 1 aliphatic heterocycles. The smallest absolute Gasteiger partial charge is 0.248 e. The molecule has 0 unspecified atom stereocenters. The van der Waals surface area contributed by atoms with Gasteiger partial charge in [0.2, 0.25) is 23.5 Å². The number of nitrogens with one attached hydrogen (secondary N) is 3. The molecule has 0 atom stereocenters. The molecule has 1 saturated carbocycles. The zero-order chi connectivity index (χ0) is 53.7. The molecule has 6 aromatic carbocycles. The minimum absolute atomic E-state index is 0.137. The van der Waals surface area contributed by atoms with Crippen molar-refractivity contribution in [3.63, 3.8) is 0 Å². The summed E-state index contributed by atoms with van der Waals surface area (Å²) in [6.07, 6.45) is 12.4. The number of para-hydroxylation sites is 3. The summed E-state index contributed by atoms with van der Waals surface area (Å²) in [6, 6.07) is 38.3. The fourth-order valence-corrected chi connectivity index (χ4v) is 7.42. The minimum atomic E-state index is -0.219. The summed E-state index contributed by atoms with van der Waals surface area (Å²) in [5.74, 6) is 3.42. The van der Waals surface area contributed by atoms with Crippen LogP contribution in [0.1, 0.15) is 46.2 Å². The number of likely N-dealkylation sites (N-methyl/N-ethyl adjacent to an activating group) is 2. The Bertz CT molecular complexity index is 2980. The van der Waals surface area contributed by atoms with E-state index in [0.717, 1.165) is 93.6 Å². The summed E-state index contributed by atoms with van der Waals surface area (Å²) in [6.45, 7) is 8.68. The summed E-state index contributed by atoms with van der Waals surface area (Å²) in [5, 5.41) is 8.64. The van der Waals surface area contributed by atoms with E-state index in [1.54, 1.807) is 45.6 Å². The van der Waals surface area contributed by atoms with Crippen molar-refractivity contribution in [1.82, 2.24) is 4.90 Å². The van der Waals surface area contributed by atoms with E-state index < -0.39 is 0 Å². The second-order valence-electron chi connectivity index (χ2n) is 18.0. The first-order chi connectivity index (χ1) is 36.2. The van der Waals surface area contributed by atoms with Crippen molar-refractivity contribution in [2.75, 3.05) is 89.6 Å². The first kappa shape index (κ1) is 55.8. The molecule has 3 N–H and O–H groups in total. The average Bonchev–Trinajstić information content (AvgIpc) is 4.24. The predicted molar refractivity (Wildman–Crippen MR) is 302 cm³/mol. The van der Waals surface area contributed by atoms with Gasteiger partial charge in [-0.25, -0.2) is 0 Å². The molecule has 0 aromatic heterocycles. The Labute approximate surface area is 441 Å². The lowest BCUT2D eigenvalue weighted by atomic mass is 10.1. The Morgan fingerprint density at radius 2 is 1.12 bits per heavy atom. The fraction of sp³-hybridized carbons (Fsp3) is 0.262. The molecule has 1 fully saturated rings. The van der Waals surface area contributed by atoms with Gasteiger partial charge in [0.25, 0.3) is 0 Å². The van der Waals surface area contributed by atoms with Crippen molar-refractivity contribution in [3.05, 3.63) is 173 Å². The van der Waals surface area contributed by atoms with Gasteiger partial charge in [0.1, 0.15) is 19.0 Å². The van der Waals surface area contributed by atoms with Gasteiger partial charge >= 0.3 is 0 Å². The molecular formula is C61H69N5O9. The molecular weight excluding hydrogens is 947 g/mol. The van der Waals surface area contributed by atoms with Gasteiger partial charge in [0.05, 0.1) is 39.7 Å². The van der Waals surface area contributed by atoms with Crippen molar-refractivity contribution in [1.29, 1.82) is 0 Å². The Kier molecular flexibility index (Phi) is 20.9. The van der Waals surface area contributed by atoms with Crippen molar-refractivity contribution in [2.24, 2.45) is 0 Å². The zero-order valence-corrected chi connectivity index (χ0v) is 44.4. The molecule has 3 amide bonds. The largest absolute Gasteiger partial charge is 0.493 e. The molecule has 0 bridgehead atoms. The molecule has 0 radical (unpaired) electrons. The second-order valence-corrected chi connectivity index (χ2v) is 18.0. The van der Waals surface area contributed by atoms with Crippen LogP contribution in [0.2, 0.25) is 0 Å². The number of methoxy groups -OCH3 is 3. The lowest BCUT2D eigenvalue weighted by molar-refractivity contribution is -0.112. The maximum absolute atomic E-state index is 12.3. The molecule has 2 aliphatic rings. The van der Waals surface area contributed by atoms with Crippen LogP contribution in [-0.2, 0) is 14.4 Å². The summed E-state index contributed by atoms with van der Waals surface area (Å²) in [4.78, 5) is 40.6. The van der Waals surface area contributed by atoms with Gasteiger partial charge < -0.3 is 54.2 Å². The van der Waals surface area contributed by atoms with Gasteiger partial charge in [0, 0.05) is 54.4 Å². The molecule has 6 aromatic rings. The molecule has 0 saturated heterocycles. The van der Waals surface area contributed by atoms with Crippen molar-refractivity contribution in [3.8, 4) is 34.5 Å². The Morgan fingerprint density at radius 3 is 1.63 bits per heavy atom. The Morgan fingerprint density at radius 1 is 0.613 bits per heavy atom. The van der Waals surface area contributed by atoms with Crippen LogP contribution in [0.5, 0.6) is 34.5 Å². The minimum Gasteiger partial charge on any atom is -0.493 e. The third-order valence-electron chi connectivity index (χ3n) is 11.9. The third-order valence-corrected chi connectivity index (χ3v) is 11.9. The second kappa shape index (κ2) is 28.1. The number of aryl methyl sites for hydroxylation is 3. The number of nitrogens with zero attached hydrogens (tertiary/aromatic N) is 2. The number of anilines is 4. The van der Waals surface area contributed by atoms with Gasteiger partial charge in [-0.2, -0.15) is 0 Å². The lowest BCUT2D eigenvalue weighted by Gasteiger charge is -2.27. The number of rotatable bonds is 18. The standard InChI is InChI=1S/C22H28N2O4.C20H21NO3.C19H20N2O2/c1-16-8-6-7-9-18(16)23-20(25)13-11-17-10-12-19(26-4)22(27-5)21(17)28-15-14-24(2)3;1-14-5-3-4-6-17(14)21-20(22)12-8-15-7-11-18(19(13-15)23-2)24-16-9-10-16;1-14-5-3-4-6-16(14)20-19(22)10-8-15-7-9-18-17(13-15)21(2)11-12-23-18/h6-13H,14-15H2,1-5H3,(H,23,25);3-8,11-13,16H,9-10H2,1-2H3,(H,21,22);3-10,13H,11-12H2,1-2H3,(H,20,22)/b13-11+;12-8+;10-8+. The highest BCUT2D eigenvalue weighted by Gasteiger charge is 2.25. The highest BCUT2D eigenvalue weighted by atomic mass is 16.5. The molecule has 1 aliphatic carbocycles. The number of hydrogen-bond donors (Lipinski definition) is 3. The third kappa shape index (κ3) is 17.3. The summed E-state index contributed by atoms with van der Waals surface area (Å²) in [7, 11) is 10.8. The van der Waals surface area contributed by atoms with E-state index in [1.807, 2.05) is 168 Å². The van der Waals surface area contributed by atoms with E-state index in [9.17, 15) is 14.4 Å². The van der Waals surface area contributed by atoms with E-state index in [2.05, 4.69) is 20.9 Å². The first-order valence-corrected chi connectivity index (χ1v) is 24.7. The monoisotopic (exact) mass is 1020 g/mol. The number of benzene rings is 6. The SMILES string of the molecule is COc1cc(/C=C/C(=O)Nc2ccccc2C)ccc1OC1CC1.COc1ccc(/C=C/C(=O)Nc2ccccc2C)c(OCCN(C)C)c1OC.Cc1ccccc1NC(=O)/C=C/c1ccc2c(c1)N(C)CCO2. The van der Waals surface area contributed by atoms with Gasteiger partial charge in [-0.15, -0.1) is 0 Å². The van der Waals surface area contributed by atoms with E-state index in [1.165, 1.54) is 12.2 Å². The van der Waals surface area contributed by atoms with E-state index in [4.69, 9.17) is 28.4 Å². The van der Waals surface area contributed by atoms with Crippen molar-refractivity contribution < 1.29 is 42.8 Å². The number of amides is 3. The van der Waals surface area contributed by atoms with Gasteiger partial charge in [-0.1, -0.05) is 66.7 Å². The first-order valence-electron chi connectivity index (χ1n) is 24.7. The quantitative estimate of drug-likeness (QED) is 0.0706. The van der Waals surface area contributed by atoms with Crippen LogP contribution in [-0.4, -0.2) is 97.5 Å². The maximum Gasteiger partial charge on any atom is 0.248 e.